The summed E-state index contributed by atoms with van der Waals surface area (Å²) in [5.74, 6) is -1.61. The molecule has 0 aliphatic carbocycles. The first-order chi connectivity index (χ1) is 5.66. The Morgan fingerprint density at radius 2 is 2.42 bits per heavy atom. The Hall–Kier alpha value is -1.78. The highest BCUT2D eigenvalue weighted by Crippen LogP contribution is 2.17. The molecule has 0 radical (unpaired) electrons. The zero-order valence-electron chi connectivity index (χ0n) is 6.24. The lowest BCUT2D eigenvalue weighted by Gasteiger charge is -1.92. The van der Waals surface area contributed by atoms with Gasteiger partial charge in [-0.2, -0.15) is 5.10 Å². The van der Waals surface area contributed by atoms with Crippen LogP contribution >= 0.6 is 0 Å². The van der Waals surface area contributed by atoms with Gasteiger partial charge in [-0.1, -0.05) is 6.08 Å². The van der Waals surface area contributed by atoms with E-state index >= 15 is 0 Å². The molecule has 0 aliphatic rings. The normalized spacial score (nSPS) is 9.67. The van der Waals surface area contributed by atoms with Gasteiger partial charge >= 0.3 is 5.97 Å². The molecule has 0 aliphatic heterocycles. The van der Waals surface area contributed by atoms with Crippen LogP contribution in [0.4, 0.5) is 0 Å². The fourth-order valence-corrected chi connectivity index (χ4v) is 0.878. The van der Waals surface area contributed by atoms with Crippen molar-refractivity contribution in [3.8, 4) is 5.88 Å². The third kappa shape index (κ3) is 1.29. The van der Waals surface area contributed by atoms with E-state index in [2.05, 4.69) is 16.8 Å². The molecule has 1 rings (SSSR count). The molecule has 0 saturated carbocycles. The van der Waals surface area contributed by atoms with Gasteiger partial charge in [0.2, 0.25) is 5.88 Å². The van der Waals surface area contributed by atoms with E-state index in [0.29, 0.717) is 6.42 Å². The van der Waals surface area contributed by atoms with Crippen LogP contribution in [0.15, 0.2) is 12.7 Å². The number of carboxylic acids is 1. The van der Waals surface area contributed by atoms with Crippen LogP contribution in [0.1, 0.15) is 16.1 Å². The topological polar surface area (TPSA) is 86.2 Å². The van der Waals surface area contributed by atoms with E-state index in [1.54, 1.807) is 0 Å². The molecule has 0 bridgehead atoms. The van der Waals surface area contributed by atoms with Crippen molar-refractivity contribution in [2.75, 3.05) is 0 Å². The van der Waals surface area contributed by atoms with Gasteiger partial charge < -0.3 is 10.2 Å². The molecule has 0 spiro atoms. The summed E-state index contributed by atoms with van der Waals surface area (Å²) in [6, 6.07) is 0. The van der Waals surface area contributed by atoms with E-state index < -0.39 is 11.8 Å². The van der Waals surface area contributed by atoms with Crippen LogP contribution in [0.2, 0.25) is 0 Å². The summed E-state index contributed by atoms with van der Waals surface area (Å²) in [5.41, 5.74) is 0.102. The second kappa shape index (κ2) is 3.08. The van der Waals surface area contributed by atoms with Crippen LogP contribution in [0.3, 0.4) is 0 Å². The number of aromatic nitrogens is 2. The monoisotopic (exact) mass is 168 g/mol. The maximum atomic E-state index is 10.5. The highest BCUT2D eigenvalue weighted by Gasteiger charge is 2.17. The Labute approximate surface area is 68.3 Å². The second-order valence-corrected chi connectivity index (χ2v) is 2.19. The van der Waals surface area contributed by atoms with Crippen LogP contribution in [0, 0.1) is 0 Å². The summed E-state index contributed by atoms with van der Waals surface area (Å²) in [6.07, 6.45) is 1.83. The van der Waals surface area contributed by atoms with Crippen molar-refractivity contribution in [2.45, 2.75) is 6.42 Å². The zero-order valence-corrected chi connectivity index (χ0v) is 6.24. The summed E-state index contributed by atoms with van der Waals surface area (Å²) in [6.45, 7) is 3.44. The maximum Gasteiger partial charge on any atom is 0.343 e. The molecule has 0 amide bonds. The number of H-pyrrole nitrogens is 1. The number of nitrogens with zero attached hydrogens (tertiary/aromatic N) is 1. The minimum absolute atomic E-state index is 0.185. The first-order valence-electron chi connectivity index (χ1n) is 3.27. The van der Waals surface area contributed by atoms with Crippen LogP contribution in [-0.4, -0.2) is 26.4 Å². The Kier molecular flexibility index (Phi) is 2.14. The van der Waals surface area contributed by atoms with Crippen molar-refractivity contribution < 1.29 is 15.0 Å². The van der Waals surface area contributed by atoms with E-state index in [-0.39, 0.29) is 11.3 Å². The van der Waals surface area contributed by atoms with E-state index in [4.69, 9.17) is 10.2 Å². The van der Waals surface area contributed by atoms with E-state index in [0.717, 1.165) is 0 Å². The van der Waals surface area contributed by atoms with Gasteiger partial charge in [0.05, 0.1) is 5.69 Å². The molecule has 64 valence electrons. The molecule has 0 aromatic carbocycles. The van der Waals surface area contributed by atoms with Crippen molar-refractivity contribution >= 4 is 5.97 Å². The lowest BCUT2D eigenvalue weighted by molar-refractivity contribution is 0.0693. The first kappa shape index (κ1) is 8.32. The molecule has 1 heterocycles. The van der Waals surface area contributed by atoms with Crippen LogP contribution < -0.4 is 0 Å². The molecule has 3 N–H and O–H groups in total. The number of hydrogen-bond acceptors (Lipinski definition) is 3. The van der Waals surface area contributed by atoms with Gasteiger partial charge in [-0.15, -0.1) is 6.58 Å². The lowest BCUT2D eigenvalue weighted by atomic mass is 10.2. The Morgan fingerprint density at radius 3 is 2.92 bits per heavy atom. The number of allylic oxidation sites excluding steroid dienone is 1. The lowest BCUT2D eigenvalue weighted by Crippen LogP contribution is -1.99. The molecule has 0 atom stereocenters. The molecule has 0 unspecified atom stereocenters. The fourth-order valence-electron chi connectivity index (χ4n) is 0.878. The fraction of sp³-hybridized carbons (Fsp3) is 0.143. The van der Waals surface area contributed by atoms with Gasteiger partial charge in [-0.05, 0) is 0 Å². The predicted octanol–water partition coefficient (Wildman–Crippen LogP) is 0.542. The highest BCUT2D eigenvalue weighted by molar-refractivity contribution is 5.91. The average Bonchev–Trinajstić information content (AvgIpc) is 2.32. The van der Waals surface area contributed by atoms with Crippen molar-refractivity contribution in [1.29, 1.82) is 0 Å². The van der Waals surface area contributed by atoms with Crippen molar-refractivity contribution in [2.24, 2.45) is 0 Å². The second-order valence-electron chi connectivity index (χ2n) is 2.19. The standard InChI is InChI=1S/C7H8N2O3/c1-2-3-4-5(7(11)12)6(10)9-8-4/h2H,1,3H2,(H,11,12)(H2,8,9,10). The number of aromatic amines is 1. The molecule has 0 fully saturated rings. The minimum atomic E-state index is -1.20. The van der Waals surface area contributed by atoms with Gasteiger partial charge in [0, 0.05) is 6.42 Å². The van der Waals surface area contributed by atoms with Crippen LogP contribution in [-0.2, 0) is 6.42 Å². The summed E-state index contributed by atoms with van der Waals surface area (Å²) < 4.78 is 0. The molecular formula is C7H8N2O3. The highest BCUT2D eigenvalue weighted by atomic mass is 16.4. The van der Waals surface area contributed by atoms with Crippen molar-refractivity contribution in [3.63, 3.8) is 0 Å². The Balaban J connectivity index is 3.11. The number of carbonyl (C=O) groups is 1. The smallest absolute Gasteiger partial charge is 0.343 e. The van der Waals surface area contributed by atoms with Crippen molar-refractivity contribution in [1.82, 2.24) is 10.2 Å². The van der Waals surface area contributed by atoms with Crippen LogP contribution in [0.5, 0.6) is 5.88 Å². The SMILES string of the molecule is C=CCc1n[nH]c(O)c1C(=O)O. The molecule has 1 aromatic rings. The summed E-state index contributed by atoms with van der Waals surface area (Å²) >= 11 is 0. The Morgan fingerprint density at radius 1 is 1.75 bits per heavy atom. The summed E-state index contributed by atoms with van der Waals surface area (Å²) in [4.78, 5) is 10.5. The number of hydrogen-bond donors (Lipinski definition) is 3. The minimum Gasteiger partial charge on any atom is -0.493 e. The van der Waals surface area contributed by atoms with E-state index in [1.807, 2.05) is 0 Å². The number of aromatic hydroxyl groups is 1. The number of aromatic carboxylic acids is 1. The molecule has 0 saturated heterocycles. The molecule has 5 heteroatoms. The van der Waals surface area contributed by atoms with Gasteiger partial charge in [-0.25, -0.2) is 9.89 Å². The summed E-state index contributed by atoms with van der Waals surface area (Å²) in [7, 11) is 0. The third-order valence-corrected chi connectivity index (χ3v) is 1.37. The van der Waals surface area contributed by atoms with Gasteiger partial charge in [0.15, 0.2) is 0 Å². The number of carboxylic acid groups (broad SMARTS) is 1. The van der Waals surface area contributed by atoms with Gasteiger partial charge in [0.1, 0.15) is 5.56 Å². The number of nitrogens with one attached hydrogen (secondary N) is 1. The van der Waals surface area contributed by atoms with Crippen molar-refractivity contribution in [3.05, 3.63) is 23.9 Å². The largest absolute Gasteiger partial charge is 0.493 e. The molecule has 12 heavy (non-hydrogen) atoms. The quantitative estimate of drug-likeness (QED) is 0.575. The first-order valence-corrected chi connectivity index (χ1v) is 3.27. The average molecular weight is 168 g/mol. The maximum absolute atomic E-state index is 10.5. The molecular weight excluding hydrogens is 160 g/mol. The van der Waals surface area contributed by atoms with E-state index in [1.165, 1.54) is 6.08 Å². The van der Waals surface area contributed by atoms with Gasteiger partial charge in [-0.3, -0.25) is 0 Å². The molecule has 5 nitrogen and oxygen atoms in total. The zero-order chi connectivity index (χ0) is 9.14. The Bertz CT molecular complexity index is 316. The van der Waals surface area contributed by atoms with Gasteiger partial charge in [0.25, 0.3) is 0 Å². The summed E-state index contributed by atoms with van der Waals surface area (Å²) in [5, 5.41) is 23.4. The predicted molar refractivity (Wildman–Crippen MR) is 41.1 cm³/mol. The number of rotatable bonds is 3. The third-order valence-electron chi connectivity index (χ3n) is 1.37. The molecule has 1 aromatic heterocycles. The van der Waals surface area contributed by atoms with Crippen LogP contribution in [0.25, 0.3) is 0 Å². The van der Waals surface area contributed by atoms with E-state index in [9.17, 15) is 4.79 Å².